The molecule has 0 aromatic heterocycles. The average molecular weight is 463 g/mol. The lowest BCUT2D eigenvalue weighted by molar-refractivity contribution is 0.590. The van der Waals surface area contributed by atoms with Crippen LogP contribution in [0.15, 0.2) is 111 Å². The van der Waals surface area contributed by atoms with Gasteiger partial charge in [-0.15, -0.1) is 0 Å². The summed E-state index contributed by atoms with van der Waals surface area (Å²) in [6.45, 7) is 0. The van der Waals surface area contributed by atoms with Crippen molar-refractivity contribution < 1.29 is 9.11 Å². The molecule has 0 saturated carbocycles. The molecule has 2 nitrogen and oxygen atoms in total. The number of hydrogen-bond donors (Lipinski definition) is 0. The Balaban J connectivity index is 0.000000132. The Morgan fingerprint density at radius 3 is 1.48 bits per heavy atom. The second-order valence-corrected chi connectivity index (χ2v) is 10.7. The van der Waals surface area contributed by atoms with Gasteiger partial charge in [-0.2, -0.15) is 0 Å². The van der Waals surface area contributed by atoms with Gasteiger partial charge in [0.05, 0.1) is 0 Å². The molecular weight excluding hydrogens is 444 g/mol. The molecule has 0 bridgehead atoms. The van der Waals surface area contributed by atoms with Crippen LogP contribution in [-0.4, -0.2) is 9.11 Å². The maximum atomic E-state index is 12.3. The molecule has 31 heavy (non-hydrogen) atoms. The summed E-state index contributed by atoms with van der Waals surface area (Å²) in [7, 11) is 0. The van der Waals surface area contributed by atoms with Gasteiger partial charge in [-0.1, -0.05) is 72.3 Å². The minimum absolute atomic E-state index is 0.709. The minimum Gasteiger partial charge on any atom is -0.606 e. The molecule has 2 aliphatic rings. The van der Waals surface area contributed by atoms with E-state index in [-0.39, 0.29) is 0 Å². The van der Waals surface area contributed by atoms with Crippen LogP contribution in [0, 0.1) is 0 Å². The fourth-order valence-electron chi connectivity index (χ4n) is 4.01. The van der Waals surface area contributed by atoms with E-state index >= 15 is 0 Å². The summed E-state index contributed by atoms with van der Waals surface area (Å²) in [5.41, 5.74) is 4.49. The highest BCUT2D eigenvalue weighted by atomic mass is 35.5. The number of rotatable bonds is 0. The number of benzene rings is 4. The number of fused-ring (bicyclic) bond motifs is 4. The van der Waals surface area contributed by atoms with Gasteiger partial charge in [-0.3, -0.25) is 0 Å². The van der Waals surface area contributed by atoms with E-state index < -0.39 is 22.4 Å². The first kappa shape index (κ1) is 20.7. The van der Waals surface area contributed by atoms with Crippen LogP contribution in [-0.2, 0) is 35.2 Å². The molecule has 0 saturated heterocycles. The van der Waals surface area contributed by atoms with E-state index in [1.165, 1.54) is 11.1 Å². The maximum absolute atomic E-state index is 12.3. The smallest absolute Gasteiger partial charge is 0.163 e. The Morgan fingerprint density at radius 2 is 0.935 bits per heavy atom. The summed E-state index contributed by atoms with van der Waals surface area (Å²) in [5.74, 6) is 0. The lowest BCUT2D eigenvalue weighted by Crippen LogP contribution is -2.14. The molecule has 2 aliphatic heterocycles. The molecule has 2 heterocycles. The van der Waals surface area contributed by atoms with Crippen molar-refractivity contribution in [2.75, 3.05) is 0 Å². The summed E-state index contributed by atoms with van der Waals surface area (Å²) in [6.07, 6.45) is 1.68. The molecule has 154 valence electrons. The lowest BCUT2D eigenvalue weighted by atomic mass is 10.0. The molecule has 0 aliphatic carbocycles. The van der Waals surface area contributed by atoms with Gasteiger partial charge < -0.3 is 9.11 Å². The Morgan fingerprint density at radius 1 is 0.516 bits per heavy atom. The van der Waals surface area contributed by atoms with Crippen LogP contribution in [0.4, 0.5) is 0 Å². The second-order valence-electron chi connectivity index (χ2n) is 7.43. The van der Waals surface area contributed by atoms with Crippen molar-refractivity contribution in [3.63, 3.8) is 0 Å². The standard InChI is InChI=1S/C13H9ClOS.C13H10OS/c14-11-5-3-7-13-10(11)8-9-4-1-2-6-12(9)16(13)15;14-15-12-7-3-1-5-10(12)9-11-6-2-4-8-13(11)15/h1-7H,8H2;1-8H,9H2. The van der Waals surface area contributed by atoms with Crippen molar-refractivity contribution in [2.45, 2.75) is 32.4 Å². The topological polar surface area (TPSA) is 46.1 Å². The zero-order chi connectivity index (χ0) is 21.4. The molecule has 5 heteroatoms. The molecule has 0 spiro atoms. The Hall–Kier alpha value is -2.21. The quantitative estimate of drug-likeness (QED) is 0.293. The van der Waals surface area contributed by atoms with E-state index in [4.69, 9.17) is 11.6 Å². The summed E-state index contributed by atoms with van der Waals surface area (Å²) < 4.78 is 24.5. The fraction of sp³-hybridized carbons (Fsp3) is 0.0769. The van der Waals surface area contributed by atoms with Crippen molar-refractivity contribution in [2.24, 2.45) is 0 Å². The highest BCUT2D eigenvalue weighted by Crippen LogP contribution is 2.37. The third-order valence-corrected chi connectivity index (χ3v) is 9.07. The first-order valence-electron chi connectivity index (χ1n) is 9.98. The van der Waals surface area contributed by atoms with E-state index in [1.807, 2.05) is 78.9 Å². The van der Waals surface area contributed by atoms with Crippen LogP contribution in [0.25, 0.3) is 0 Å². The molecule has 6 rings (SSSR count). The van der Waals surface area contributed by atoms with Gasteiger partial charge in [0.15, 0.2) is 19.6 Å². The molecule has 0 N–H and O–H groups in total. The molecule has 0 radical (unpaired) electrons. The largest absolute Gasteiger partial charge is 0.606 e. The highest BCUT2D eigenvalue weighted by molar-refractivity contribution is 7.92. The molecule has 4 aromatic carbocycles. The van der Waals surface area contributed by atoms with Crippen molar-refractivity contribution in [1.82, 2.24) is 0 Å². The molecular formula is C26H19ClO2S2. The van der Waals surface area contributed by atoms with Crippen LogP contribution in [0.1, 0.15) is 22.3 Å². The van der Waals surface area contributed by atoms with Crippen LogP contribution >= 0.6 is 11.6 Å². The summed E-state index contributed by atoms with van der Waals surface area (Å²) >= 11 is 4.06. The van der Waals surface area contributed by atoms with E-state index in [2.05, 4.69) is 12.1 Å². The lowest BCUT2D eigenvalue weighted by Gasteiger charge is -2.21. The zero-order valence-corrected chi connectivity index (χ0v) is 19.0. The Bertz CT molecular complexity index is 1210. The molecule has 1 atom stereocenters. The number of halogens is 1. The third kappa shape index (κ3) is 3.91. The van der Waals surface area contributed by atoms with Crippen LogP contribution in [0.3, 0.4) is 0 Å². The van der Waals surface area contributed by atoms with Gasteiger partial charge in [0.25, 0.3) is 0 Å². The monoisotopic (exact) mass is 462 g/mol. The summed E-state index contributed by atoms with van der Waals surface area (Å²) in [6, 6.07) is 29.4. The van der Waals surface area contributed by atoms with Crippen molar-refractivity contribution in [3.8, 4) is 0 Å². The van der Waals surface area contributed by atoms with Gasteiger partial charge in [-0.05, 0) is 30.3 Å². The SMILES string of the molecule is [O-][S+]1c2ccccc2Cc2c(Cl)cccc21.[O-][S+]1c2ccccc2Cc2ccccc21. The molecule has 4 aromatic rings. The molecule has 1 unspecified atom stereocenters. The summed E-state index contributed by atoms with van der Waals surface area (Å²) in [4.78, 5) is 3.70. The molecule has 0 fully saturated rings. The van der Waals surface area contributed by atoms with Gasteiger partial charge in [-0.25, -0.2) is 0 Å². The Labute approximate surface area is 193 Å². The molecule has 0 amide bonds. The van der Waals surface area contributed by atoms with Crippen LogP contribution in [0.5, 0.6) is 0 Å². The summed E-state index contributed by atoms with van der Waals surface area (Å²) in [5, 5.41) is 0.709. The Kier molecular flexibility index (Phi) is 5.83. The predicted octanol–water partition coefficient (Wildman–Crippen LogP) is 6.17. The van der Waals surface area contributed by atoms with E-state index in [9.17, 15) is 9.11 Å². The van der Waals surface area contributed by atoms with E-state index in [1.54, 1.807) is 0 Å². The third-order valence-electron chi connectivity index (χ3n) is 5.54. The van der Waals surface area contributed by atoms with Gasteiger partial charge in [0.1, 0.15) is 0 Å². The maximum Gasteiger partial charge on any atom is 0.163 e. The average Bonchev–Trinajstić information content (AvgIpc) is 2.81. The van der Waals surface area contributed by atoms with E-state index in [0.717, 1.165) is 43.6 Å². The normalized spacial score (nSPS) is 16.2. The minimum atomic E-state index is -1.08. The first-order chi connectivity index (χ1) is 15.1. The van der Waals surface area contributed by atoms with Gasteiger partial charge in [0.2, 0.25) is 0 Å². The zero-order valence-electron chi connectivity index (χ0n) is 16.6. The highest BCUT2D eigenvalue weighted by Gasteiger charge is 2.29. The first-order valence-corrected chi connectivity index (χ1v) is 12.7. The van der Waals surface area contributed by atoms with Crippen LogP contribution < -0.4 is 0 Å². The van der Waals surface area contributed by atoms with Crippen molar-refractivity contribution >= 4 is 34.0 Å². The van der Waals surface area contributed by atoms with E-state index in [0.29, 0.717) is 5.02 Å². The van der Waals surface area contributed by atoms with Crippen molar-refractivity contribution in [1.29, 1.82) is 0 Å². The second kappa shape index (κ2) is 8.73. The van der Waals surface area contributed by atoms with Gasteiger partial charge >= 0.3 is 0 Å². The number of hydrogen-bond acceptors (Lipinski definition) is 2. The predicted molar refractivity (Wildman–Crippen MR) is 126 cm³/mol. The van der Waals surface area contributed by atoms with Crippen molar-refractivity contribution in [3.05, 3.63) is 118 Å². The van der Waals surface area contributed by atoms with Gasteiger partial charge in [0, 0.05) is 62.5 Å². The van der Waals surface area contributed by atoms with Crippen LogP contribution in [0.2, 0.25) is 5.02 Å². The fourth-order valence-corrected chi connectivity index (χ4v) is 7.13.